The van der Waals surface area contributed by atoms with Crippen LogP contribution >= 0.6 is 0 Å². The molecule has 2 aliphatic rings. The van der Waals surface area contributed by atoms with E-state index in [0.717, 1.165) is 17.3 Å². The topological polar surface area (TPSA) is 12.0 Å². The Balaban J connectivity index is 2.08. The molecule has 0 bridgehead atoms. The van der Waals surface area contributed by atoms with Crippen LogP contribution in [0.5, 0.6) is 0 Å². The van der Waals surface area contributed by atoms with Crippen LogP contribution in [-0.2, 0) is 0 Å². The molecule has 3 unspecified atom stereocenters. The van der Waals surface area contributed by atoms with Crippen molar-refractivity contribution in [1.82, 2.24) is 5.32 Å². The third kappa shape index (κ3) is 1.63. The minimum Gasteiger partial charge on any atom is -0.316 e. The predicted molar refractivity (Wildman–Crippen MR) is 56.7 cm³/mol. The normalized spacial score (nSPS) is 45.7. The van der Waals surface area contributed by atoms with Gasteiger partial charge in [0.2, 0.25) is 0 Å². The maximum Gasteiger partial charge on any atom is -0.00153 e. The van der Waals surface area contributed by atoms with E-state index in [2.05, 4.69) is 19.2 Å². The second kappa shape index (κ2) is 3.61. The summed E-state index contributed by atoms with van der Waals surface area (Å²) in [5.41, 5.74) is 0.749. The van der Waals surface area contributed by atoms with Gasteiger partial charge in [0.1, 0.15) is 0 Å². The fourth-order valence-corrected chi connectivity index (χ4v) is 3.64. The number of piperidine rings is 1. The molecule has 2 rings (SSSR count). The van der Waals surface area contributed by atoms with Gasteiger partial charge in [-0.1, -0.05) is 26.7 Å². The Morgan fingerprint density at radius 2 is 2.23 bits per heavy atom. The summed E-state index contributed by atoms with van der Waals surface area (Å²) in [6.45, 7) is 7.35. The van der Waals surface area contributed by atoms with E-state index < -0.39 is 0 Å². The van der Waals surface area contributed by atoms with Gasteiger partial charge in [0.25, 0.3) is 0 Å². The van der Waals surface area contributed by atoms with Crippen LogP contribution in [0.3, 0.4) is 0 Å². The molecule has 0 aromatic carbocycles. The molecule has 0 aromatic rings. The Labute approximate surface area is 82.3 Å². The molecule has 1 aliphatic heterocycles. The molecule has 0 radical (unpaired) electrons. The molecule has 1 saturated carbocycles. The first-order valence-corrected chi connectivity index (χ1v) is 5.97. The van der Waals surface area contributed by atoms with E-state index in [-0.39, 0.29) is 0 Å². The van der Waals surface area contributed by atoms with Gasteiger partial charge in [0, 0.05) is 0 Å². The quantitative estimate of drug-likeness (QED) is 0.656. The summed E-state index contributed by atoms with van der Waals surface area (Å²) in [7, 11) is 0. The van der Waals surface area contributed by atoms with Crippen molar-refractivity contribution in [2.75, 3.05) is 13.1 Å². The summed E-state index contributed by atoms with van der Waals surface area (Å²) >= 11 is 0. The van der Waals surface area contributed by atoms with E-state index in [1.807, 2.05) is 0 Å². The SMILES string of the molecule is CCC1CNCCC12CCC(C)C2. The molecule has 1 heteroatoms. The number of nitrogens with one attached hydrogen (secondary N) is 1. The molecule has 1 heterocycles. The Hall–Kier alpha value is -0.0400. The summed E-state index contributed by atoms with van der Waals surface area (Å²) in [5.74, 6) is 1.96. The molecule has 1 N–H and O–H groups in total. The second-order valence-electron chi connectivity index (χ2n) is 5.27. The van der Waals surface area contributed by atoms with Gasteiger partial charge in [-0.15, -0.1) is 0 Å². The van der Waals surface area contributed by atoms with Crippen molar-refractivity contribution in [3.05, 3.63) is 0 Å². The lowest BCUT2D eigenvalue weighted by Gasteiger charge is -2.42. The highest BCUT2D eigenvalue weighted by Crippen LogP contribution is 2.51. The average molecular weight is 181 g/mol. The molecule has 1 saturated heterocycles. The van der Waals surface area contributed by atoms with Crippen molar-refractivity contribution in [3.8, 4) is 0 Å². The average Bonchev–Trinajstić information content (AvgIpc) is 2.49. The Morgan fingerprint density at radius 1 is 1.38 bits per heavy atom. The lowest BCUT2D eigenvalue weighted by molar-refractivity contribution is 0.107. The van der Waals surface area contributed by atoms with Gasteiger partial charge in [-0.3, -0.25) is 0 Å². The highest BCUT2D eigenvalue weighted by molar-refractivity contribution is 4.96. The van der Waals surface area contributed by atoms with E-state index in [4.69, 9.17) is 0 Å². The highest BCUT2D eigenvalue weighted by atomic mass is 14.9. The van der Waals surface area contributed by atoms with Crippen LogP contribution in [-0.4, -0.2) is 13.1 Å². The third-order valence-corrected chi connectivity index (χ3v) is 4.44. The first-order valence-electron chi connectivity index (χ1n) is 5.97. The molecular formula is C12H23N. The Kier molecular flexibility index (Phi) is 2.64. The van der Waals surface area contributed by atoms with Crippen molar-refractivity contribution in [2.24, 2.45) is 17.3 Å². The van der Waals surface area contributed by atoms with E-state index in [0.29, 0.717) is 0 Å². The van der Waals surface area contributed by atoms with Gasteiger partial charge in [0.15, 0.2) is 0 Å². The standard InChI is InChI=1S/C12H23N/c1-3-11-9-13-7-6-12(11)5-4-10(2)8-12/h10-11,13H,3-9H2,1-2H3. The fraction of sp³-hybridized carbons (Fsp3) is 1.00. The largest absolute Gasteiger partial charge is 0.316 e. The van der Waals surface area contributed by atoms with E-state index in [1.54, 1.807) is 0 Å². The van der Waals surface area contributed by atoms with E-state index >= 15 is 0 Å². The second-order valence-corrected chi connectivity index (χ2v) is 5.27. The van der Waals surface area contributed by atoms with Crippen LogP contribution in [0, 0.1) is 17.3 Å². The van der Waals surface area contributed by atoms with Crippen LogP contribution < -0.4 is 5.32 Å². The van der Waals surface area contributed by atoms with Crippen LogP contribution in [0.4, 0.5) is 0 Å². The minimum atomic E-state index is 0.749. The molecule has 1 spiro atoms. The zero-order chi connectivity index (χ0) is 9.31. The maximum absolute atomic E-state index is 3.55. The highest BCUT2D eigenvalue weighted by Gasteiger charge is 2.43. The first kappa shape index (κ1) is 9.51. The van der Waals surface area contributed by atoms with Crippen molar-refractivity contribution < 1.29 is 0 Å². The molecule has 76 valence electrons. The number of rotatable bonds is 1. The summed E-state index contributed by atoms with van der Waals surface area (Å²) in [6, 6.07) is 0. The Morgan fingerprint density at radius 3 is 2.85 bits per heavy atom. The van der Waals surface area contributed by atoms with Crippen LogP contribution in [0.15, 0.2) is 0 Å². The van der Waals surface area contributed by atoms with Gasteiger partial charge in [-0.05, 0) is 49.6 Å². The monoisotopic (exact) mass is 181 g/mol. The van der Waals surface area contributed by atoms with Crippen molar-refractivity contribution >= 4 is 0 Å². The molecule has 3 atom stereocenters. The number of hydrogen-bond acceptors (Lipinski definition) is 1. The molecule has 1 nitrogen and oxygen atoms in total. The smallest absolute Gasteiger partial charge is 0.00153 e. The minimum absolute atomic E-state index is 0.749. The molecule has 1 aliphatic carbocycles. The van der Waals surface area contributed by atoms with Crippen LogP contribution in [0.2, 0.25) is 0 Å². The molecule has 0 aromatic heterocycles. The van der Waals surface area contributed by atoms with Gasteiger partial charge in [-0.25, -0.2) is 0 Å². The fourth-order valence-electron chi connectivity index (χ4n) is 3.64. The van der Waals surface area contributed by atoms with E-state index in [9.17, 15) is 0 Å². The summed E-state index contributed by atoms with van der Waals surface area (Å²) < 4.78 is 0. The zero-order valence-corrected chi connectivity index (χ0v) is 9.10. The van der Waals surface area contributed by atoms with Gasteiger partial charge in [0.05, 0.1) is 0 Å². The number of hydrogen-bond donors (Lipinski definition) is 1. The molecule has 13 heavy (non-hydrogen) atoms. The van der Waals surface area contributed by atoms with Crippen LogP contribution in [0.25, 0.3) is 0 Å². The zero-order valence-electron chi connectivity index (χ0n) is 9.10. The molecule has 2 fully saturated rings. The van der Waals surface area contributed by atoms with Crippen molar-refractivity contribution in [2.45, 2.75) is 46.0 Å². The molecule has 0 amide bonds. The van der Waals surface area contributed by atoms with Crippen molar-refractivity contribution in [3.63, 3.8) is 0 Å². The van der Waals surface area contributed by atoms with Gasteiger partial charge >= 0.3 is 0 Å². The Bertz CT molecular complexity index is 174. The third-order valence-electron chi connectivity index (χ3n) is 4.44. The summed E-state index contributed by atoms with van der Waals surface area (Å²) in [5, 5.41) is 3.55. The van der Waals surface area contributed by atoms with Gasteiger partial charge in [-0.2, -0.15) is 0 Å². The lowest BCUT2D eigenvalue weighted by atomic mass is 9.68. The van der Waals surface area contributed by atoms with E-state index in [1.165, 1.54) is 45.2 Å². The predicted octanol–water partition coefficient (Wildman–Crippen LogP) is 2.81. The first-order chi connectivity index (χ1) is 6.27. The van der Waals surface area contributed by atoms with Gasteiger partial charge < -0.3 is 5.32 Å². The maximum atomic E-state index is 3.55. The van der Waals surface area contributed by atoms with Crippen molar-refractivity contribution in [1.29, 1.82) is 0 Å². The summed E-state index contributed by atoms with van der Waals surface area (Å²) in [4.78, 5) is 0. The lowest BCUT2D eigenvalue weighted by Crippen LogP contribution is -2.43. The van der Waals surface area contributed by atoms with Crippen LogP contribution in [0.1, 0.15) is 46.0 Å². The molecular weight excluding hydrogens is 158 g/mol. The summed E-state index contributed by atoms with van der Waals surface area (Å²) in [6.07, 6.45) is 7.31.